The molecule has 0 aliphatic rings. The van der Waals surface area contributed by atoms with Crippen molar-refractivity contribution in [2.45, 2.75) is 239 Å². The number of hydrogen-bond acceptors (Lipinski definition) is 6. The van der Waals surface area contributed by atoms with E-state index in [2.05, 4.69) is 75.5 Å². The Morgan fingerprint density at radius 2 is 0.682 bits per heavy atom. The molecule has 0 rings (SSSR count). The Bertz CT molecular complexity index is 1370. The molecule has 6 heteroatoms. The maximum absolute atomic E-state index is 12.8. The van der Waals surface area contributed by atoms with Crippen LogP contribution in [0.5, 0.6) is 0 Å². The van der Waals surface area contributed by atoms with Crippen LogP contribution in [0.15, 0.2) is 109 Å². The van der Waals surface area contributed by atoms with Crippen LogP contribution < -0.4 is 0 Å². The van der Waals surface area contributed by atoms with Gasteiger partial charge in [-0.2, -0.15) is 0 Å². The van der Waals surface area contributed by atoms with Gasteiger partial charge in [-0.15, -0.1) is 0 Å². The maximum Gasteiger partial charge on any atom is 0.306 e. The average molecular weight is 915 g/mol. The van der Waals surface area contributed by atoms with Crippen molar-refractivity contribution in [1.29, 1.82) is 0 Å². The molecule has 374 valence electrons. The SMILES string of the molecule is CC\C=C/C=C\C=C/C=C\C=C/CCCC(=O)OCC(COC(=O)CCCCCCCC/C=C\C/C=C\C/C=C\C/C=C\CC)OC(=O)CCCCCCCCCCCCCCCCCC. The number of esters is 3. The lowest BCUT2D eigenvalue weighted by Crippen LogP contribution is -2.30. The molecule has 0 heterocycles. The molecule has 0 aliphatic heterocycles. The van der Waals surface area contributed by atoms with E-state index in [0.29, 0.717) is 19.3 Å². The maximum atomic E-state index is 12.8. The number of unbranched alkanes of at least 4 members (excludes halogenated alkanes) is 22. The number of carbonyl (C=O) groups excluding carboxylic acids is 3. The van der Waals surface area contributed by atoms with Crippen LogP contribution in [0.1, 0.15) is 233 Å². The smallest absolute Gasteiger partial charge is 0.306 e. The third-order valence-corrected chi connectivity index (χ3v) is 11.2. The summed E-state index contributed by atoms with van der Waals surface area (Å²) in [5, 5.41) is 0. The zero-order valence-electron chi connectivity index (χ0n) is 42.7. The minimum Gasteiger partial charge on any atom is -0.462 e. The van der Waals surface area contributed by atoms with Crippen molar-refractivity contribution in [3.8, 4) is 0 Å². The molecule has 0 aromatic heterocycles. The van der Waals surface area contributed by atoms with Gasteiger partial charge < -0.3 is 14.2 Å². The van der Waals surface area contributed by atoms with Crippen molar-refractivity contribution in [1.82, 2.24) is 0 Å². The van der Waals surface area contributed by atoms with Crippen LogP contribution in [0.25, 0.3) is 0 Å². The molecule has 0 amide bonds. The molecule has 1 unspecified atom stereocenters. The Kier molecular flexibility index (Phi) is 50.5. The van der Waals surface area contributed by atoms with Gasteiger partial charge in [0.25, 0.3) is 0 Å². The molecule has 0 aromatic rings. The third-order valence-electron chi connectivity index (χ3n) is 11.2. The minimum atomic E-state index is -0.813. The minimum absolute atomic E-state index is 0.108. The van der Waals surface area contributed by atoms with E-state index in [1.165, 1.54) is 96.3 Å². The summed E-state index contributed by atoms with van der Waals surface area (Å²) in [6.07, 6.45) is 72.2. The summed E-state index contributed by atoms with van der Waals surface area (Å²) < 4.78 is 16.7. The van der Waals surface area contributed by atoms with E-state index in [-0.39, 0.29) is 37.5 Å². The highest BCUT2D eigenvalue weighted by Gasteiger charge is 2.19. The van der Waals surface area contributed by atoms with Crippen LogP contribution in [0.2, 0.25) is 0 Å². The van der Waals surface area contributed by atoms with Crippen molar-refractivity contribution in [2.24, 2.45) is 0 Å². The summed E-state index contributed by atoms with van der Waals surface area (Å²) in [6, 6.07) is 0. The van der Waals surface area contributed by atoms with Gasteiger partial charge in [-0.3, -0.25) is 14.4 Å². The fourth-order valence-electron chi connectivity index (χ4n) is 7.17. The monoisotopic (exact) mass is 915 g/mol. The van der Waals surface area contributed by atoms with E-state index in [0.717, 1.165) is 89.9 Å². The lowest BCUT2D eigenvalue weighted by Gasteiger charge is -2.18. The first-order valence-electron chi connectivity index (χ1n) is 27.0. The van der Waals surface area contributed by atoms with Gasteiger partial charge in [-0.05, 0) is 70.6 Å². The largest absolute Gasteiger partial charge is 0.462 e. The van der Waals surface area contributed by atoms with Crippen LogP contribution in [0.3, 0.4) is 0 Å². The second kappa shape index (κ2) is 53.7. The number of allylic oxidation sites excluding steroid dienone is 18. The standard InChI is InChI=1S/C60H98O6/c1-4-7-10-13-16-19-22-25-27-29-30-31-33-35-38-41-44-47-50-53-59(62)65-56-57(55-64-58(61)52-49-46-43-40-37-34-24-21-18-15-12-9-6-3)66-60(63)54-51-48-45-42-39-36-32-28-26-23-20-17-14-11-8-5-2/h7,9-10,12,15-16,18-19,21,24-25,27,30-31,34,37,40,43,57H,4-6,8,11,13-14,17,20,22-23,26,28-29,32-33,35-36,38-39,41-42,44-56H2,1-3H3/b10-7-,12-9-,18-15-,19-16-,24-21-,27-25-,31-30-,37-34-,43-40-. The molecular formula is C60H98O6. The van der Waals surface area contributed by atoms with Crippen molar-refractivity contribution >= 4 is 17.9 Å². The normalized spacial score (nSPS) is 13.0. The predicted octanol–water partition coefficient (Wildman–Crippen LogP) is 17.9. The van der Waals surface area contributed by atoms with Crippen molar-refractivity contribution in [3.63, 3.8) is 0 Å². The molecule has 0 N–H and O–H groups in total. The Hall–Kier alpha value is -3.93. The molecule has 0 radical (unpaired) electrons. The van der Waals surface area contributed by atoms with Crippen molar-refractivity contribution in [3.05, 3.63) is 109 Å². The Morgan fingerprint density at radius 3 is 1.15 bits per heavy atom. The van der Waals surface area contributed by atoms with Crippen molar-refractivity contribution < 1.29 is 28.6 Å². The van der Waals surface area contributed by atoms with Crippen molar-refractivity contribution in [2.75, 3.05) is 13.2 Å². The van der Waals surface area contributed by atoms with Gasteiger partial charge in [0.2, 0.25) is 0 Å². The number of rotatable bonds is 47. The average Bonchev–Trinajstić information content (AvgIpc) is 3.31. The van der Waals surface area contributed by atoms with Gasteiger partial charge in [-0.1, -0.05) is 252 Å². The van der Waals surface area contributed by atoms with Crippen LogP contribution in [-0.4, -0.2) is 37.2 Å². The first-order valence-corrected chi connectivity index (χ1v) is 27.0. The van der Waals surface area contributed by atoms with E-state index in [4.69, 9.17) is 14.2 Å². The molecule has 1 atom stereocenters. The molecule has 0 aliphatic carbocycles. The zero-order valence-corrected chi connectivity index (χ0v) is 42.7. The van der Waals surface area contributed by atoms with E-state index in [1.54, 1.807) is 0 Å². The summed E-state index contributed by atoms with van der Waals surface area (Å²) in [7, 11) is 0. The predicted molar refractivity (Wildman–Crippen MR) is 283 cm³/mol. The highest BCUT2D eigenvalue weighted by atomic mass is 16.6. The quantitative estimate of drug-likeness (QED) is 0.0199. The molecule has 0 fully saturated rings. The molecule has 0 spiro atoms. The van der Waals surface area contributed by atoms with E-state index in [9.17, 15) is 14.4 Å². The van der Waals surface area contributed by atoms with E-state index < -0.39 is 6.10 Å². The number of ether oxygens (including phenoxy) is 3. The zero-order chi connectivity index (χ0) is 47.9. The van der Waals surface area contributed by atoms with Gasteiger partial charge in [-0.25, -0.2) is 0 Å². The molecule has 6 nitrogen and oxygen atoms in total. The number of carbonyl (C=O) groups is 3. The lowest BCUT2D eigenvalue weighted by atomic mass is 10.0. The van der Waals surface area contributed by atoms with Crippen LogP contribution >= 0.6 is 0 Å². The first-order chi connectivity index (χ1) is 32.5. The van der Waals surface area contributed by atoms with E-state index in [1.807, 2.05) is 54.7 Å². The van der Waals surface area contributed by atoms with Gasteiger partial charge in [0.15, 0.2) is 6.10 Å². The molecule has 66 heavy (non-hydrogen) atoms. The molecule has 0 bridgehead atoms. The molecule has 0 saturated carbocycles. The number of hydrogen-bond donors (Lipinski definition) is 0. The fraction of sp³-hybridized carbons (Fsp3) is 0.650. The summed E-state index contributed by atoms with van der Waals surface area (Å²) in [4.78, 5) is 38.0. The summed E-state index contributed by atoms with van der Waals surface area (Å²) in [5.74, 6) is -0.997. The second-order valence-electron chi connectivity index (χ2n) is 17.5. The van der Waals surface area contributed by atoms with Crippen LogP contribution in [-0.2, 0) is 28.6 Å². The summed E-state index contributed by atoms with van der Waals surface area (Å²) in [6.45, 7) is 6.31. The van der Waals surface area contributed by atoms with Gasteiger partial charge in [0, 0.05) is 19.3 Å². The van der Waals surface area contributed by atoms with Crippen LogP contribution in [0, 0.1) is 0 Å². The molecule has 0 saturated heterocycles. The Balaban J connectivity index is 4.47. The van der Waals surface area contributed by atoms with Gasteiger partial charge in [0.1, 0.15) is 13.2 Å². The summed E-state index contributed by atoms with van der Waals surface area (Å²) in [5.41, 5.74) is 0. The third kappa shape index (κ3) is 51.1. The molecule has 0 aromatic carbocycles. The highest BCUT2D eigenvalue weighted by Crippen LogP contribution is 2.15. The van der Waals surface area contributed by atoms with Crippen LogP contribution in [0.4, 0.5) is 0 Å². The molecular weight excluding hydrogens is 817 g/mol. The Labute approximate surface area is 406 Å². The lowest BCUT2D eigenvalue weighted by molar-refractivity contribution is -0.167. The van der Waals surface area contributed by atoms with Gasteiger partial charge >= 0.3 is 17.9 Å². The second-order valence-corrected chi connectivity index (χ2v) is 17.5. The first kappa shape index (κ1) is 62.1. The summed E-state index contributed by atoms with van der Waals surface area (Å²) >= 11 is 0. The Morgan fingerprint density at radius 1 is 0.333 bits per heavy atom. The fourth-order valence-corrected chi connectivity index (χ4v) is 7.17. The topological polar surface area (TPSA) is 78.9 Å². The van der Waals surface area contributed by atoms with Gasteiger partial charge in [0.05, 0.1) is 0 Å². The highest BCUT2D eigenvalue weighted by molar-refractivity contribution is 5.71. The van der Waals surface area contributed by atoms with E-state index >= 15 is 0 Å².